The number of hydrogen-bond donors (Lipinski definition) is 2. The molecule has 2 heterocycles. The van der Waals surface area contributed by atoms with E-state index in [1.54, 1.807) is 19.1 Å². The van der Waals surface area contributed by atoms with Crippen LogP contribution in [0.1, 0.15) is 26.5 Å². The maximum absolute atomic E-state index is 12.4. The van der Waals surface area contributed by atoms with Crippen LogP contribution in [0.2, 0.25) is 0 Å². The molecule has 0 spiro atoms. The van der Waals surface area contributed by atoms with E-state index in [2.05, 4.69) is 20.1 Å². The van der Waals surface area contributed by atoms with E-state index in [9.17, 15) is 13.2 Å². The number of anilines is 1. The van der Waals surface area contributed by atoms with Crippen LogP contribution in [0.15, 0.2) is 23.1 Å². The maximum atomic E-state index is 12.4. The normalized spacial score (nSPS) is 15.0. The first-order valence-electron chi connectivity index (χ1n) is 8.47. The molecule has 2 N–H and O–H groups in total. The van der Waals surface area contributed by atoms with Gasteiger partial charge in [0.25, 0.3) is 15.9 Å². The number of benzene rings is 1. The van der Waals surface area contributed by atoms with Crippen LogP contribution >= 0.6 is 11.3 Å². The van der Waals surface area contributed by atoms with Crippen molar-refractivity contribution < 1.29 is 17.9 Å². The van der Waals surface area contributed by atoms with Crippen LogP contribution in [0.3, 0.4) is 0 Å². The van der Waals surface area contributed by atoms with E-state index in [0.29, 0.717) is 36.9 Å². The molecule has 3 rings (SSSR count). The molecule has 0 saturated carbocycles. The Morgan fingerprint density at radius 3 is 2.56 bits per heavy atom. The van der Waals surface area contributed by atoms with Crippen molar-refractivity contribution in [3.05, 3.63) is 39.9 Å². The van der Waals surface area contributed by atoms with Crippen molar-refractivity contribution in [3.63, 3.8) is 0 Å². The minimum absolute atomic E-state index is 0.0981. The molecule has 0 bridgehead atoms. The summed E-state index contributed by atoms with van der Waals surface area (Å²) in [5.41, 5.74) is 4.69. The third-order valence-corrected chi connectivity index (χ3v) is 6.82. The molecule has 0 atom stereocenters. The Kier molecular flexibility index (Phi) is 5.80. The molecule has 8 nitrogen and oxygen atoms in total. The maximum Gasteiger partial charge on any atom is 0.278 e. The van der Waals surface area contributed by atoms with Gasteiger partial charge >= 0.3 is 0 Å². The standard InChI is InChI=1S/C17H22N4O4S2/c1-11-4-5-14(10-12(11)2)27(23,24)20-19-16(22)15-13(3)18-17(26-15)21-6-8-25-9-7-21/h4-5,10,20H,6-9H2,1-3H3,(H,19,22). The van der Waals surface area contributed by atoms with Gasteiger partial charge in [-0.25, -0.2) is 13.4 Å². The number of carbonyl (C=O) groups is 1. The number of aromatic nitrogens is 1. The van der Waals surface area contributed by atoms with Crippen molar-refractivity contribution in [1.29, 1.82) is 0 Å². The molecule has 1 fully saturated rings. The number of morpholine rings is 1. The fraction of sp³-hybridized carbons (Fsp3) is 0.412. The fourth-order valence-corrected chi connectivity index (χ4v) is 4.53. The first kappa shape index (κ1) is 19.7. The third-order valence-electron chi connectivity index (χ3n) is 4.36. The molecule has 1 aliphatic heterocycles. The van der Waals surface area contributed by atoms with Crippen LogP contribution in [-0.2, 0) is 14.8 Å². The lowest BCUT2D eigenvalue weighted by atomic mass is 10.1. The molecule has 0 aliphatic carbocycles. The highest BCUT2D eigenvalue weighted by atomic mass is 32.2. The number of nitrogens with zero attached hydrogens (tertiary/aromatic N) is 2. The number of ether oxygens (including phenoxy) is 1. The minimum Gasteiger partial charge on any atom is -0.378 e. The number of nitrogens with one attached hydrogen (secondary N) is 2. The summed E-state index contributed by atoms with van der Waals surface area (Å²) in [5, 5.41) is 0.734. The van der Waals surface area contributed by atoms with Crippen molar-refractivity contribution >= 4 is 32.4 Å². The topological polar surface area (TPSA) is 101 Å². The molecule has 10 heteroatoms. The van der Waals surface area contributed by atoms with Gasteiger partial charge < -0.3 is 9.64 Å². The predicted octanol–water partition coefficient (Wildman–Crippen LogP) is 1.53. The van der Waals surface area contributed by atoms with Gasteiger partial charge in [-0.05, 0) is 44.0 Å². The Morgan fingerprint density at radius 1 is 1.19 bits per heavy atom. The number of amides is 1. The molecule has 0 radical (unpaired) electrons. The number of hydrogen-bond acceptors (Lipinski definition) is 7. The van der Waals surface area contributed by atoms with Gasteiger partial charge in [-0.3, -0.25) is 10.2 Å². The van der Waals surface area contributed by atoms with E-state index in [4.69, 9.17) is 4.74 Å². The Morgan fingerprint density at radius 2 is 1.89 bits per heavy atom. The highest BCUT2D eigenvalue weighted by Crippen LogP contribution is 2.26. The monoisotopic (exact) mass is 410 g/mol. The zero-order chi connectivity index (χ0) is 19.6. The average Bonchev–Trinajstić information content (AvgIpc) is 3.04. The summed E-state index contributed by atoms with van der Waals surface area (Å²) in [7, 11) is -3.85. The molecule has 1 aromatic carbocycles. The first-order chi connectivity index (χ1) is 12.8. The number of sulfonamides is 1. The number of hydrazine groups is 1. The van der Waals surface area contributed by atoms with Gasteiger partial charge in [0.05, 0.1) is 23.8 Å². The molecule has 0 unspecified atom stereocenters. The minimum atomic E-state index is -3.85. The summed E-state index contributed by atoms with van der Waals surface area (Å²) in [6, 6.07) is 4.80. The Bertz CT molecular complexity index is 950. The van der Waals surface area contributed by atoms with Crippen molar-refractivity contribution in [2.24, 2.45) is 0 Å². The SMILES string of the molecule is Cc1ccc(S(=O)(=O)NNC(=O)c2sc(N3CCOCC3)nc2C)cc1C. The van der Waals surface area contributed by atoms with E-state index in [1.807, 2.05) is 13.8 Å². The van der Waals surface area contributed by atoms with E-state index < -0.39 is 15.9 Å². The summed E-state index contributed by atoms with van der Waals surface area (Å²) in [6.07, 6.45) is 0. The fourth-order valence-electron chi connectivity index (χ4n) is 2.59. The zero-order valence-electron chi connectivity index (χ0n) is 15.4. The van der Waals surface area contributed by atoms with Gasteiger partial charge in [-0.15, -0.1) is 4.83 Å². The Labute approximate surface area is 162 Å². The molecule has 1 aromatic heterocycles. The molecule has 1 amide bonds. The van der Waals surface area contributed by atoms with E-state index in [-0.39, 0.29) is 4.90 Å². The predicted molar refractivity (Wildman–Crippen MR) is 104 cm³/mol. The summed E-state index contributed by atoms with van der Waals surface area (Å²) in [5.74, 6) is -0.531. The van der Waals surface area contributed by atoms with Gasteiger partial charge in [0.1, 0.15) is 4.88 Å². The Balaban J connectivity index is 1.70. The molecule has 27 heavy (non-hydrogen) atoms. The second kappa shape index (κ2) is 7.93. The van der Waals surface area contributed by atoms with Gasteiger partial charge in [0.2, 0.25) is 0 Å². The quantitative estimate of drug-likeness (QED) is 0.725. The second-order valence-corrected chi connectivity index (χ2v) is 8.98. The molecular formula is C17H22N4O4S2. The average molecular weight is 411 g/mol. The third kappa shape index (κ3) is 4.46. The van der Waals surface area contributed by atoms with Crippen molar-refractivity contribution in [1.82, 2.24) is 15.2 Å². The van der Waals surface area contributed by atoms with Crippen LogP contribution in [0.25, 0.3) is 0 Å². The van der Waals surface area contributed by atoms with E-state index >= 15 is 0 Å². The number of rotatable bonds is 5. The first-order valence-corrected chi connectivity index (χ1v) is 10.8. The van der Waals surface area contributed by atoms with Gasteiger partial charge in [0.15, 0.2) is 5.13 Å². The van der Waals surface area contributed by atoms with Gasteiger partial charge in [-0.2, -0.15) is 0 Å². The lowest BCUT2D eigenvalue weighted by molar-refractivity contribution is 0.0948. The molecule has 146 valence electrons. The Hall–Kier alpha value is -2.01. The molecule has 2 aromatic rings. The van der Waals surface area contributed by atoms with Crippen molar-refractivity contribution in [2.45, 2.75) is 25.7 Å². The highest BCUT2D eigenvalue weighted by Gasteiger charge is 2.22. The number of aryl methyl sites for hydroxylation is 3. The van der Waals surface area contributed by atoms with E-state index in [1.165, 1.54) is 17.4 Å². The summed E-state index contributed by atoms with van der Waals surface area (Å²) in [4.78, 5) is 21.6. The van der Waals surface area contributed by atoms with E-state index in [0.717, 1.165) is 16.3 Å². The molecule has 1 saturated heterocycles. The summed E-state index contributed by atoms with van der Waals surface area (Å²) >= 11 is 1.24. The summed E-state index contributed by atoms with van der Waals surface area (Å²) in [6.45, 7) is 8.14. The smallest absolute Gasteiger partial charge is 0.278 e. The second-order valence-electron chi connectivity index (χ2n) is 6.32. The lowest BCUT2D eigenvalue weighted by Gasteiger charge is -2.25. The zero-order valence-corrected chi connectivity index (χ0v) is 17.0. The number of thiazole rings is 1. The van der Waals surface area contributed by atoms with Gasteiger partial charge in [0, 0.05) is 13.1 Å². The van der Waals surface area contributed by atoms with Crippen molar-refractivity contribution in [2.75, 3.05) is 31.2 Å². The van der Waals surface area contributed by atoms with Crippen molar-refractivity contribution in [3.8, 4) is 0 Å². The van der Waals surface area contributed by atoms with Crippen LogP contribution < -0.4 is 15.2 Å². The van der Waals surface area contributed by atoms with Crippen LogP contribution in [-0.4, -0.2) is 45.6 Å². The number of carbonyl (C=O) groups excluding carboxylic acids is 1. The summed E-state index contributed by atoms with van der Waals surface area (Å²) < 4.78 is 30.1. The van der Waals surface area contributed by atoms with Crippen LogP contribution in [0.4, 0.5) is 5.13 Å². The lowest BCUT2D eigenvalue weighted by Crippen LogP contribution is -2.41. The molecular weight excluding hydrogens is 388 g/mol. The van der Waals surface area contributed by atoms with Crippen LogP contribution in [0, 0.1) is 20.8 Å². The van der Waals surface area contributed by atoms with Gasteiger partial charge in [-0.1, -0.05) is 17.4 Å². The largest absolute Gasteiger partial charge is 0.378 e. The highest BCUT2D eigenvalue weighted by molar-refractivity contribution is 7.89. The van der Waals surface area contributed by atoms with Crippen LogP contribution in [0.5, 0.6) is 0 Å². The molecule has 1 aliphatic rings.